The number of benzene rings is 2. The lowest BCUT2D eigenvalue weighted by Crippen LogP contribution is -2.15. The van der Waals surface area contributed by atoms with Crippen molar-refractivity contribution in [1.82, 2.24) is 4.98 Å². The van der Waals surface area contributed by atoms with Crippen molar-refractivity contribution in [2.45, 2.75) is 13.2 Å². The molecule has 0 radical (unpaired) electrons. The number of hydrogen-bond acceptors (Lipinski definition) is 3. The average molecular weight is 280 g/mol. The molecule has 3 N–H and O–H groups in total. The molecule has 106 valence electrons. The van der Waals surface area contributed by atoms with E-state index in [9.17, 15) is 4.79 Å². The maximum atomic E-state index is 12.0. The summed E-state index contributed by atoms with van der Waals surface area (Å²) in [5.74, 6) is 0. The number of hydrogen-bond donors (Lipinski definition) is 3. The molecule has 0 unspecified atom stereocenters. The Bertz CT molecular complexity index is 824. The molecule has 0 spiro atoms. The number of nitrogens with one attached hydrogen (secondary N) is 2. The number of H-pyrrole nitrogens is 1. The zero-order valence-corrected chi connectivity index (χ0v) is 11.5. The highest BCUT2D eigenvalue weighted by Crippen LogP contribution is 2.13. The van der Waals surface area contributed by atoms with Gasteiger partial charge in [-0.25, -0.2) is 0 Å². The van der Waals surface area contributed by atoms with E-state index in [-0.39, 0.29) is 12.2 Å². The van der Waals surface area contributed by atoms with Crippen LogP contribution in [0.15, 0.2) is 59.4 Å². The van der Waals surface area contributed by atoms with Crippen LogP contribution in [0.2, 0.25) is 0 Å². The van der Waals surface area contributed by atoms with Gasteiger partial charge in [0.25, 0.3) is 5.56 Å². The molecule has 21 heavy (non-hydrogen) atoms. The van der Waals surface area contributed by atoms with Crippen LogP contribution in [0.1, 0.15) is 11.1 Å². The minimum Gasteiger partial charge on any atom is -0.392 e. The second-order valence-corrected chi connectivity index (χ2v) is 4.92. The van der Waals surface area contributed by atoms with Crippen LogP contribution < -0.4 is 10.9 Å². The van der Waals surface area contributed by atoms with E-state index in [0.29, 0.717) is 12.1 Å². The molecule has 0 aliphatic rings. The molecule has 0 saturated carbocycles. The third-order valence-electron chi connectivity index (χ3n) is 3.42. The first-order valence-corrected chi connectivity index (χ1v) is 6.81. The smallest absolute Gasteiger partial charge is 0.253 e. The van der Waals surface area contributed by atoms with Gasteiger partial charge in [-0.1, -0.05) is 30.3 Å². The summed E-state index contributed by atoms with van der Waals surface area (Å²) in [6.07, 6.45) is 0. The Morgan fingerprint density at radius 1 is 1.05 bits per heavy atom. The van der Waals surface area contributed by atoms with Crippen LogP contribution >= 0.6 is 0 Å². The summed E-state index contributed by atoms with van der Waals surface area (Å²) < 4.78 is 0. The number of aromatic nitrogens is 1. The van der Waals surface area contributed by atoms with Crippen LogP contribution in [0.5, 0.6) is 0 Å². The Labute approximate surface area is 122 Å². The van der Waals surface area contributed by atoms with Gasteiger partial charge in [-0.05, 0) is 35.2 Å². The Morgan fingerprint density at radius 3 is 2.76 bits per heavy atom. The fraction of sp³-hybridized carbons (Fsp3) is 0.118. The summed E-state index contributed by atoms with van der Waals surface area (Å²) in [6.45, 7) is 0.446. The Morgan fingerprint density at radius 2 is 1.90 bits per heavy atom. The topological polar surface area (TPSA) is 65.1 Å². The summed E-state index contributed by atoms with van der Waals surface area (Å²) in [7, 11) is 0. The number of aliphatic hydroxyl groups excluding tert-OH is 1. The lowest BCUT2D eigenvalue weighted by atomic mass is 10.1. The van der Waals surface area contributed by atoms with E-state index in [2.05, 4.69) is 10.3 Å². The highest BCUT2D eigenvalue weighted by atomic mass is 16.3. The van der Waals surface area contributed by atoms with Crippen molar-refractivity contribution < 1.29 is 5.11 Å². The summed E-state index contributed by atoms with van der Waals surface area (Å²) in [5, 5.41) is 13.3. The first-order valence-electron chi connectivity index (χ1n) is 6.81. The van der Waals surface area contributed by atoms with Gasteiger partial charge >= 0.3 is 0 Å². The molecule has 0 aliphatic carbocycles. The lowest BCUT2D eigenvalue weighted by Gasteiger charge is -2.08. The van der Waals surface area contributed by atoms with Gasteiger partial charge in [0.05, 0.1) is 6.61 Å². The van der Waals surface area contributed by atoms with Crippen LogP contribution in [0.4, 0.5) is 5.69 Å². The molecular weight excluding hydrogens is 264 g/mol. The molecule has 4 nitrogen and oxygen atoms in total. The van der Waals surface area contributed by atoms with E-state index in [1.54, 1.807) is 0 Å². The minimum atomic E-state index is -0.0838. The second-order valence-electron chi connectivity index (χ2n) is 4.92. The van der Waals surface area contributed by atoms with Gasteiger partial charge in [0.2, 0.25) is 0 Å². The fourth-order valence-electron chi connectivity index (χ4n) is 2.30. The van der Waals surface area contributed by atoms with Crippen molar-refractivity contribution in [3.8, 4) is 0 Å². The molecule has 3 rings (SSSR count). The van der Waals surface area contributed by atoms with Gasteiger partial charge in [0.15, 0.2) is 0 Å². The number of anilines is 1. The van der Waals surface area contributed by atoms with Gasteiger partial charge < -0.3 is 15.4 Å². The largest absolute Gasteiger partial charge is 0.392 e. The van der Waals surface area contributed by atoms with E-state index < -0.39 is 0 Å². The SMILES string of the molecule is O=c1[nH]c2ccccc2cc1CNc1cccc(CO)c1. The van der Waals surface area contributed by atoms with Gasteiger partial charge in [-0.15, -0.1) is 0 Å². The second kappa shape index (κ2) is 5.81. The van der Waals surface area contributed by atoms with Crippen molar-refractivity contribution in [2.24, 2.45) is 0 Å². The number of fused-ring (bicyclic) bond motifs is 1. The molecule has 0 bridgehead atoms. The van der Waals surface area contributed by atoms with Crippen molar-refractivity contribution >= 4 is 16.6 Å². The molecule has 1 heterocycles. The fourth-order valence-corrected chi connectivity index (χ4v) is 2.30. The molecule has 0 fully saturated rings. The summed E-state index contributed by atoms with van der Waals surface area (Å²) in [5.41, 5.74) is 3.16. The Kier molecular flexibility index (Phi) is 3.71. The van der Waals surface area contributed by atoms with Gasteiger partial charge in [0.1, 0.15) is 0 Å². The number of pyridine rings is 1. The Balaban J connectivity index is 1.84. The van der Waals surface area contributed by atoms with E-state index in [1.165, 1.54) is 0 Å². The van der Waals surface area contributed by atoms with Crippen LogP contribution in [-0.4, -0.2) is 10.1 Å². The lowest BCUT2D eigenvalue weighted by molar-refractivity contribution is 0.282. The highest BCUT2D eigenvalue weighted by molar-refractivity contribution is 5.78. The van der Waals surface area contributed by atoms with E-state index in [1.807, 2.05) is 54.6 Å². The standard InChI is InChI=1S/C17H16N2O2/c20-11-12-4-3-6-15(8-12)18-10-14-9-13-5-1-2-7-16(13)19-17(14)21/h1-9,18,20H,10-11H2,(H,19,21). The average Bonchev–Trinajstić information content (AvgIpc) is 2.53. The van der Waals surface area contributed by atoms with Crippen LogP contribution in [0, 0.1) is 0 Å². The summed E-state index contributed by atoms with van der Waals surface area (Å²) in [4.78, 5) is 14.9. The van der Waals surface area contributed by atoms with Crippen molar-refractivity contribution in [1.29, 1.82) is 0 Å². The molecular formula is C17H16N2O2. The maximum absolute atomic E-state index is 12.0. The predicted octanol–water partition coefficient (Wildman–Crippen LogP) is 2.63. The summed E-state index contributed by atoms with van der Waals surface area (Å²) >= 11 is 0. The third kappa shape index (κ3) is 2.95. The van der Waals surface area contributed by atoms with Crippen LogP contribution in [-0.2, 0) is 13.2 Å². The van der Waals surface area contributed by atoms with Crippen molar-refractivity contribution in [2.75, 3.05) is 5.32 Å². The number of aliphatic hydroxyl groups is 1. The first kappa shape index (κ1) is 13.4. The maximum Gasteiger partial charge on any atom is 0.253 e. The van der Waals surface area contributed by atoms with E-state index in [0.717, 1.165) is 22.2 Å². The summed E-state index contributed by atoms with van der Waals surface area (Å²) in [6, 6.07) is 17.1. The normalized spacial score (nSPS) is 10.7. The highest BCUT2D eigenvalue weighted by Gasteiger charge is 2.03. The van der Waals surface area contributed by atoms with E-state index >= 15 is 0 Å². The first-order chi connectivity index (χ1) is 10.3. The molecule has 0 aliphatic heterocycles. The molecule has 1 aromatic heterocycles. The predicted molar refractivity (Wildman–Crippen MR) is 84.3 cm³/mol. The molecule has 2 aromatic carbocycles. The monoisotopic (exact) mass is 280 g/mol. The van der Waals surface area contributed by atoms with E-state index in [4.69, 9.17) is 5.11 Å². The molecule has 4 heteroatoms. The van der Waals surface area contributed by atoms with Crippen LogP contribution in [0.25, 0.3) is 10.9 Å². The molecule has 0 amide bonds. The van der Waals surface area contributed by atoms with Gasteiger partial charge in [0, 0.05) is 23.3 Å². The number of rotatable bonds is 4. The molecule has 0 saturated heterocycles. The van der Waals surface area contributed by atoms with Crippen molar-refractivity contribution in [3.63, 3.8) is 0 Å². The van der Waals surface area contributed by atoms with Crippen LogP contribution in [0.3, 0.4) is 0 Å². The Hall–Kier alpha value is -2.59. The quantitative estimate of drug-likeness (QED) is 0.688. The number of aromatic amines is 1. The zero-order valence-electron chi connectivity index (χ0n) is 11.5. The minimum absolute atomic E-state index is 0.00603. The zero-order chi connectivity index (χ0) is 14.7. The number of para-hydroxylation sites is 1. The molecule has 3 aromatic rings. The molecule has 0 atom stereocenters. The van der Waals surface area contributed by atoms with Crippen molar-refractivity contribution in [3.05, 3.63) is 76.1 Å². The van der Waals surface area contributed by atoms with Gasteiger partial charge in [-0.2, -0.15) is 0 Å². The van der Waals surface area contributed by atoms with Gasteiger partial charge in [-0.3, -0.25) is 4.79 Å². The third-order valence-corrected chi connectivity index (χ3v) is 3.42.